The van der Waals surface area contributed by atoms with E-state index < -0.39 is 0 Å². The smallest absolute Gasteiger partial charge is 0.102 e. The molecule has 0 bridgehead atoms. The van der Waals surface area contributed by atoms with Crippen LogP contribution < -0.4 is 5.32 Å². The molecule has 19 heavy (non-hydrogen) atoms. The molecule has 4 heteroatoms. The minimum absolute atomic E-state index is 0.624. The Morgan fingerprint density at radius 3 is 2.84 bits per heavy atom. The minimum Gasteiger partial charge on any atom is -0.378 e. The molecule has 0 saturated carbocycles. The van der Waals surface area contributed by atoms with Gasteiger partial charge in [0.1, 0.15) is 6.07 Å². The van der Waals surface area contributed by atoms with Crippen molar-refractivity contribution in [3.8, 4) is 6.07 Å². The summed E-state index contributed by atoms with van der Waals surface area (Å²) in [5, 5.41) is 12.6. The lowest BCUT2D eigenvalue weighted by molar-refractivity contribution is 1.02. The van der Waals surface area contributed by atoms with Gasteiger partial charge in [0.2, 0.25) is 0 Å². The van der Waals surface area contributed by atoms with Gasteiger partial charge in [-0.2, -0.15) is 5.26 Å². The van der Waals surface area contributed by atoms with E-state index in [0.717, 1.165) is 21.8 Å². The van der Waals surface area contributed by atoms with Gasteiger partial charge in [0.25, 0.3) is 0 Å². The molecular formula is C15H15N3S. The highest BCUT2D eigenvalue weighted by Crippen LogP contribution is 2.26. The van der Waals surface area contributed by atoms with E-state index in [1.807, 2.05) is 43.5 Å². The number of hydrogen-bond donors (Lipinski definition) is 1. The molecule has 1 aromatic heterocycles. The fourth-order valence-electron chi connectivity index (χ4n) is 1.85. The monoisotopic (exact) mass is 269 g/mol. The van der Waals surface area contributed by atoms with Gasteiger partial charge in [-0.15, -0.1) is 11.8 Å². The summed E-state index contributed by atoms with van der Waals surface area (Å²) in [6.07, 6.45) is 3.76. The molecule has 1 heterocycles. The largest absolute Gasteiger partial charge is 0.378 e. The first-order valence-electron chi connectivity index (χ1n) is 5.97. The van der Waals surface area contributed by atoms with Crippen LogP contribution in [-0.4, -0.2) is 11.2 Å². The second-order valence-corrected chi connectivity index (χ2v) is 4.96. The van der Waals surface area contributed by atoms with Crippen molar-refractivity contribution in [2.24, 2.45) is 0 Å². The molecule has 0 radical (unpaired) electrons. The lowest BCUT2D eigenvalue weighted by atomic mass is 10.1. The fourth-order valence-corrected chi connectivity index (χ4v) is 2.42. The van der Waals surface area contributed by atoms with E-state index in [0.29, 0.717) is 12.1 Å². The summed E-state index contributed by atoms with van der Waals surface area (Å²) in [5.41, 5.74) is 3.71. The quantitative estimate of drug-likeness (QED) is 0.862. The molecule has 0 amide bonds. The maximum absolute atomic E-state index is 9.26. The Bertz CT molecular complexity index is 617. The fraction of sp³-hybridized carbons (Fsp3) is 0.200. The zero-order valence-corrected chi connectivity index (χ0v) is 11.8. The number of pyridine rings is 1. The van der Waals surface area contributed by atoms with Gasteiger partial charge in [0.05, 0.1) is 23.5 Å². The number of nitrogens with zero attached hydrogens (tertiary/aromatic N) is 2. The zero-order chi connectivity index (χ0) is 13.7. The molecule has 1 aromatic carbocycles. The number of anilines is 1. The van der Waals surface area contributed by atoms with Gasteiger partial charge in [-0.3, -0.25) is 4.98 Å². The topological polar surface area (TPSA) is 48.7 Å². The summed E-state index contributed by atoms with van der Waals surface area (Å²) >= 11 is 1.58. The summed E-state index contributed by atoms with van der Waals surface area (Å²) in [4.78, 5) is 5.33. The number of rotatable bonds is 4. The number of aryl methyl sites for hydroxylation is 1. The van der Waals surface area contributed by atoms with Gasteiger partial charge in [-0.1, -0.05) is 12.1 Å². The Morgan fingerprint density at radius 1 is 1.32 bits per heavy atom. The average molecular weight is 269 g/mol. The Hall–Kier alpha value is -1.99. The van der Waals surface area contributed by atoms with E-state index in [9.17, 15) is 5.26 Å². The van der Waals surface area contributed by atoms with Crippen LogP contribution in [0.3, 0.4) is 0 Å². The normalized spacial score (nSPS) is 9.95. The van der Waals surface area contributed by atoms with Crippen molar-refractivity contribution in [2.45, 2.75) is 18.4 Å². The van der Waals surface area contributed by atoms with Crippen molar-refractivity contribution in [3.05, 3.63) is 53.3 Å². The van der Waals surface area contributed by atoms with E-state index in [2.05, 4.69) is 16.4 Å². The van der Waals surface area contributed by atoms with Crippen molar-refractivity contribution >= 4 is 17.4 Å². The molecule has 0 atom stereocenters. The maximum atomic E-state index is 9.26. The predicted octanol–water partition coefficient (Wildman–Crippen LogP) is 3.60. The summed E-state index contributed by atoms with van der Waals surface area (Å²) < 4.78 is 0. The molecule has 0 unspecified atom stereocenters. The van der Waals surface area contributed by atoms with E-state index in [1.54, 1.807) is 18.0 Å². The van der Waals surface area contributed by atoms with E-state index in [4.69, 9.17) is 0 Å². The summed E-state index contributed by atoms with van der Waals surface area (Å²) in [7, 11) is 0. The van der Waals surface area contributed by atoms with Crippen molar-refractivity contribution in [1.29, 1.82) is 5.26 Å². The molecule has 0 aliphatic rings. The molecule has 0 fully saturated rings. The highest BCUT2D eigenvalue weighted by Gasteiger charge is 2.07. The summed E-state index contributed by atoms with van der Waals surface area (Å²) in [6.45, 7) is 2.66. The third-order valence-electron chi connectivity index (χ3n) is 2.92. The molecule has 0 aliphatic heterocycles. The summed E-state index contributed by atoms with van der Waals surface area (Å²) in [5.74, 6) is 0. The van der Waals surface area contributed by atoms with Crippen LogP contribution in [0.4, 0.5) is 5.69 Å². The van der Waals surface area contributed by atoms with Gasteiger partial charge in [0.15, 0.2) is 0 Å². The number of benzene rings is 1. The Labute approximate surface area is 117 Å². The van der Waals surface area contributed by atoms with E-state index >= 15 is 0 Å². The highest BCUT2D eigenvalue weighted by molar-refractivity contribution is 7.98. The lowest BCUT2D eigenvalue weighted by Crippen LogP contribution is -2.05. The molecule has 2 aromatic rings. The van der Waals surface area contributed by atoms with Crippen molar-refractivity contribution in [1.82, 2.24) is 4.98 Å². The van der Waals surface area contributed by atoms with Crippen LogP contribution in [0.25, 0.3) is 0 Å². The first-order chi connectivity index (χ1) is 9.26. The van der Waals surface area contributed by atoms with Crippen molar-refractivity contribution in [3.63, 3.8) is 0 Å². The molecule has 0 saturated heterocycles. The third-order valence-corrected chi connectivity index (χ3v) is 3.70. The summed E-state index contributed by atoms with van der Waals surface area (Å²) in [6, 6.07) is 12.1. The molecule has 1 N–H and O–H groups in total. The van der Waals surface area contributed by atoms with Crippen molar-refractivity contribution < 1.29 is 0 Å². The van der Waals surface area contributed by atoms with Crippen LogP contribution in [0.15, 0.2) is 41.4 Å². The van der Waals surface area contributed by atoms with E-state index in [1.165, 1.54) is 0 Å². The molecule has 2 rings (SSSR count). The van der Waals surface area contributed by atoms with Crippen LogP contribution in [0, 0.1) is 18.3 Å². The predicted molar refractivity (Wildman–Crippen MR) is 79.2 cm³/mol. The average Bonchev–Trinajstić information content (AvgIpc) is 2.45. The SMILES string of the molecule is CSc1cccc(NCc2ncccc2C)c1C#N. The van der Waals surface area contributed by atoms with Gasteiger partial charge in [0, 0.05) is 11.1 Å². The number of aromatic nitrogens is 1. The Balaban J connectivity index is 2.21. The number of hydrogen-bond acceptors (Lipinski definition) is 4. The zero-order valence-electron chi connectivity index (χ0n) is 11.0. The van der Waals surface area contributed by atoms with E-state index in [-0.39, 0.29) is 0 Å². The van der Waals surface area contributed by atoms with Crippen molar-refractivity contribution in [2.75, 3.05) is 11.6 Å². The lowest BCUT2D eigenvalue weighted by Gasteiger charge is -2.11. The molecule has 0 aliphatic carbocycles. The van der Waals surface area contributed by atoms with Gasteiger partial charge >= 0.3 is 0 Å². The van der Waals surface area contributed by atoms with Crippen LogP contribution in [0.5, 0.6) is 0 Å². The second-order valence-electron chi connectivity index (χ2n) is 4.12. The highest BCUT2D eigenvalue weighted by atomic mass is 32.2. The number of thioether (sulfide) groups is 1. The molecule has 96 valence electrons. The van der Waals surface area contributed by atoms with Gasteiger partial charge in [-0.25, -0.2) is 0 Å². The van der Waals surface area contributed by atoms with Crippen LogP contribution >= 0.6 is 11.8 Å². The van der Waals surface area contributed by atoms with Gasteiger partial charge in [-0.05, 0) is 36.9 Å². The van der Waals surface area contributed by atoms with Crippen LogP contribution in [-0.2, 0) is 6.54 Å². The standard InChI is InChI=1S/C15H15N3S/c1-11-5-4-8-17-14(11)10-18-13-6-3-7-15(19-2)12(13)9-16/h3-8,18H,10H2,1-2H3. The minimum atomic E-state index is 0.624. The molecule has 3 nitrogen and oxygen atoms in total. The Morgan fingerprint density at radius 2 is 2.16 bits per heavy atom. The van der Waals surface area contributed by atoms with Crippen LogP contribution in [0.1, 0.15) is 16.8 Å². The number of nitriles is 1. The van der Waals surface area contributed by atoms with Crippen LogP contribution in [0.2, 0.25) is 0 Å². The first kappa shape index (κ1) is 13.4. The van der Waals surface area contributed by atoms with Gasteiger partial charge < -0.3 is 5.32 Å². The molecular weight excluding hydrogens is 254 g/mol. The third kappa shape index (κ3) is 3.07. The first-order valence-corrected chi connectivity index (χ1v) is 7.20. The Kier molecular flexibility index (Phi) is 4.43. The second kappa shape index (κ2) is 6.26. The number of nitrogens with one attached hydrogen (secondary N) is 1. The maximum Gasteiger partial charge on any atom is 0.102 e. The molecule has 0 spiro atoms.